The lowest BCUT2D eigenvalue weighted by atomic mass is 10.2. The highest BCUT2D eigenvalue weighted by molar-refractivity contribution is 5.76. The molecular formula is C17H22N6O2. The molecule has 0 radical (unpaired) electrons. The van der Waals surface area contributed by atoms with Gasteiger partial charge < -0.3 is 14.7 Å². The standard InChI is InChI=1S/C17H22N6O2/c24-14(5-1-8-18-17-19-9-3-10-20-17)23-11-2-4-13(23)15-21-16(25-22-15)12-6-7-12/h3,9-10,12-13H,1-2,4-8,11H2,(H,18,19,20)/t13-/m0/s1. The van der Waals surface area contributed by atoms with Crippen LogP contribution in [0.1, 0.15) is 62.2 Å². The number of hydrogen-bond acceptors (Lipinski definition) is 7. The molecule has 8 heteroatoms. The molecule has 0 bridgehead atoms. The predicted octanol–water partition coefficient (Wildman–Crippen LogP) is 2.29. The van der Waals surface area contributed by atoms with Crippen molar-refractivity contribution in [3.63, 3.8) is 0 Å². The van der Waals surface area contributed by atoms with E-state index < -0.39 is 0 Å². The summed E-state index contributed by atoms with van der Waals surface area (Å²) in [6.45, 7) is 1.44. The second-order valence-corrected chi connectivity index (χ2v) is 6.61. The van der Waals surface area contributed by atoms with Crippen LogP contribution in [0.2, 0.25) is 0 Å². The van der Waals surface area contributed by atoms with Gasteiger partial charge in [0.05, 0.1) is 6.04 Å². The first kappa shape index (κ1) is 16.0. The summed E-state index contributed by atoms with van der Waals surface area (Å²) in [5.74, 6) is 2.59. The zero-order valence-electron chi connectivity index (χ0n) is 14.1. The molecule has 2 aromatic heterocycles. The summed E-state index contributed by atoms with van der Waals surface area (Å²) in [4.78, 5) is 27.2. The number of carbonyl (C=O) groups is 1. The third-order valence-corrected chi connectivity index (χ3v) is 4.67. The van der Waals surface area contributed by atoms with E-state index in [2.05, 4.69) is 25.4 Å². The molecule has 0 aromatic carbocycles. The fraction of sp³-hybridized carbons (Fsp3) is 0.588. The first-order chi connectivity index (χ1) is 12.3. The van der Waals surface area contributed by atoms with Crippen molar-refractivity contribution in [2.24, 2.45) is 0 Å². The van der Waals surface area contributed by atoms with E-state index in [1.807, 2.05) is 4.90 Å². The normalized spacial score (nSPS) is 20.0. The van der Waals surface area contributed by atoms with Gasteiger partial charge in [0, 0.05) is 37.8 Å². The van der Waals surface area contributed by atoms with Crippen LogP contribution in [-0.2, 0) is 4.79 Å². The average Bonchev–Trinajstić information content (AvgIpc) is 3.18. The van der Waals surface area contributed by atoms with Gasteiger partial charge in [-0.3, -0.25) is 4.79 Å². The molecule has 4 rings (SSSR count). The van der Waals surface area contributed by atoms with Crippen molar-refractivity contribution in [2.45, 2.75) is 50.5 Å². The summed E-state index contributed by atoms with van der Waals surface area (Å²) < 4.78 is 5.35. The van der Waals surface area contributed by atoms with Crippen LogP contribution in [0.25, 0.3) is 0 Å². The fourth-order valence-electron chi connectivity index (χ4n) is 3.19. The Morgan fingerprint density at radius 1 is 1.28 bits per heavy atom. The van der Waals surface area contributed by atoms with Gasteiger partial charge in [-0.1, -0.05) is 5.16 Å². The van der Waals surface area contributed by atoms with Gasteiger partial charge in [0.15, 0.2) is 5.82 Å². The Morgan fingerprint density at radius 3 is 2.92 bits per heavy atom. The Kier molecular flexibility index (Phi) is 4.58. The third kappa shape index (κ3) is 3.78. The first-order valence-electron chi connectivity index (χ1n) is 8.95. The quantitative estimate of drug-likeness (QED) is 0.771. The van der Waals surface area contributed by atoms with E-state index in [-0.39, 0.29) is 11.9 Å². The molecule has 1 saturated heterocycles. The van der Waals surface area contributed by atoms with Crippen LogP contribution < -0.4 is 5.32 Å². The van der Waals surface area contributed by atoms with Crippen molar-refractivity contribution in [3.05, 3.63) is 30.2 Å². The van der Waals surface area contributed by atoms with Gasteiger partial charge in [0.1, 0.15) is 0 Å². The average molecular weight is 342 g/mol. The molecule has 2 aromatic rings. The maximum atomic E-state index is 12.6. The van der Waals surface area contributed by atoms with Crippen LogP contribution in [0.3, 0.4) is 0 Å². The van der Waals surface area contributed by atoms with Gasteiger partial charge in [0.2, 0.25) is 17.7 Å². The number of nitrogens with one attached hydrogen (secondary N) is 1. The zero-order chi connectivity index (χ0) is 17.1. The molecule has 1 atom stereocenters. The second-order valence-electron chi connectivity index (χ2n) is 6.61. The first-order valence-corrected chi connectivity index (χ1v) is 8.95. The van der Waals surface area contributed by atoms with E-state index in [4.69, 9.17) is 4.52 Å². The lowest BCUT2D eigenvalue weighted by Gasteiger charge is -2.22. The SMILES string of the molecule is O=C(CCCNc1ncccn1)N1CCC[C@H]1c1noc(C2CC2)n1. The van der Waals surface area contributed by atoms with Gasteiger partial charge in [-0.05, 0) is 38.2 Å². The van der Waals surface area contributed by atoms with E-state index in [0.29, 0.717) is 30.7 Å². The number of hydrogen-bond donors (Lipinski definition) is 1. The minimum absolute atomic E-state index is 0.0332. The van der Waals surface area contributed by atoms with Crippen LogP contribution in [0.4, 0.5) is 5.95 Å². The van der Waals surface area contributed by atoms with Gasteiger partial charge in [-0.2, -0.15) is 4.98 Å². The van der Waals surface area contributed by atoms with Gasteiger partial charge >= 0.3 is 0 Å². The summed E-state index contributed by atoms with van der Waals surface area (Å²) in [5, 5.41) is 7.24. The van der Waals surface area contributed by atoms with E-state index >= 15 is 0 Å². The number of nitrogens with zero attached hydrogens (tertiary/aromatic N) is 5. The summed E-state index contributed by atoms with van der Waals surface area (Å²) in [6.07, 6.45) is 8.77. The maximum Gasteiger partial charge on any atom is 0.229 e. The Bertz CT molecular complexity index is 715. The van der Waals surface area contributed by atoms with Gasteiger partial charge in [-0.15, -0.1) is 0 Å². The topological polar surface area (TPSA) is 97.0 Å². The molecule has 0 unspecified atom stereocenters. The largest absolute Gasteiger partial charge is 0.354 e. The molecule has 132 valence electrons. The Labute approximate surface area is 146 Å². The summed E-state index contributed by atoms with van der Waals surface area (Å²) in [6, 6.07) is 1.74. The monoisotopic (exact) mass is 342 g/mol. The molecular weight excluding hydrogens is 320 g/mol. The number of carbonyl (C=O) groups excluding carboxylic acids is 1. The molecule has 8 nitrogen and oxygen atoms in total. The number of likely N-dealkylation sites (tertiary alicyclic amines) is 1. The minimum Gasteiger partial charge on any atom is -0.354 e. The minimum atomic E-state index is -0.0332. The van der Waals surface area contributed by atoms with Crippen LogP contribution in [-0.4, -0.2) is 44.0 Å². The molecule has 1 saturated carbocycles. The van der Waals surface area contributed by atoms with Crippen molar-refractivity contribution < 1.29 is 9.32 Å². The number of amides is 1. The van der Waals surface area contributed by atoms with Crippen molar-refractivity contribution >= 4 is 11.9 Å². The lowest BCUT2D eigenvalue weighted by Crippen LogP contribution is -2.31. The molecule has 1 aliphatic carbocycles. The molecule has 0 spiro atoms. The Hall–Kier alpha value is -2.51. The zero-order valence-corrected chi connectivity index (χ0v) is 14.1. The number of anilines is 1. The van der Waals surface area contributed by atoms with Crippen LogP contribution in [0, 0.1) is 0 Å². The maximum absolute atomic E-state index is 12.6. The summed E-state index contributed by atoms with van der Waals surface area (Å²) in [7, 11) is 0. The Balaban J connectivity index is 1.28. The van der Waals surface area contributed by atoms with Crippen molar-refractivity contribution in [2.75, 3.05) is 18.4 Å². The van der Waals surface area contributed by atoms with E-state index in [1.165, 1.54) is 0 Å². The molecule has 1 aliphatic heterocycles. The van der Waals surface area contributed by atoms with Crippen molar-refractivity contribution in [1.29, 1.82) is 0 Å². The van der Waals surface area contributed by atoms with Gasteiger partial charge in [-0.25, -0.2) is 9.97 Å². The lowest BCUT2D eigenvalue weighted by molar-refractivity contribution is -0.132. The van der Waals surface area contributed by atoms with Gasteiger partial charge in [0.25, 0.3) is 0 Å². The number of rotatable bonds is 7. The Morgan fingerprint density at radius 2 is 2.12 bits per heavy atom. The van der Waals surface area contributed by atoms with Crippen LogP contribution in [0.15, 0.2) is 23.0 Å². The molecule has 2 aliphatic rings. The third-order valence-electron chi connectivity index (χ3n) is 4.67. The van der Waals surface area contributed by atoms with Crippen molar-refractivity contribution in [1.82, 2.24) is 25.0 Å². The molecule has 3 heterocycles. The van der Waals surface area contributed by atoms with Crippen LogP contribution in [0.5, 0.6) is 0 Å². The highest BCUT2D eigenvalue weighted by Crippen LogP contribution is 2.40. The summed E-state index contributed by atoms with van der Waals surface area (Å²) in [5.41, 5.74) is 0. The highest BCUT2D eigenvalue weighted by atomic mass is 16.5. The molecule has 2 fully saturated rings. The summed E-state index contributed by atoms with van der Waals surface area (Å²) >= 11 is 0. The fourth-order valence-corrected chi connectivity index (χ4v) is 3.19. The van der Waals surface area contributed by atoms with E-state index in [9.17, 15) is 4.79 Å². The van der Waals surface area contributed by atoms with Crippen LogP contribution >= 0.6 is 0 Å². The molecule has 25 heavy (non-hydrogen) atoms. The van der Waals surface area contributed by atoms with Crippen molar-refractivity contribution in [3.8, 4) is 0 Å². The van der Waals surface area contributed by atoms with E-state index in [1.54, 1.807) is 18.5 Å². The highest BCUT2D eigenvalue weighted by Gasteiger charge is 2.35. The smallest absolute Gasteiger partial charge is 0.229 e. The second kappa shape index (κ2) is 7.16. The predicted molar refractivity (Wildman–Crippen MR) is 89.7 cm³/mol. The number of aromatic nitrogens is 4. The van der Waals surface area contributed by atoms with E-state index in [0.717, 1.165) is 44.5 Å². The molecule has 1 amide bonds. The molecule has 1 N–H and O–H groups in total.